The number of unbranched alkanes of at least 4 members (excludes halogenated alkanes) is 3. The van der Waals surface area contributed by atoms with Gasteiger partial charge in [-0.2, -0.15) is 0 Å². The maximum absolute atomic E-state index is 12.6. The number of rotatable bonds is 7. The highest BCUT2D eigenvalue weighted by Crippen LogP contribution is 2.23. The fourth-order valence-corrected chi connectivity index (χ4v) is 2.75. The van der Waals surface area contributed by atoms with Gasteiger partial charge in [-0.05, 0) is 40.0 Å². The summed E-state index contributed by atoms with van der Waals surface area (Å²) in [6, 6.07) is -0.645. The molecule has 24 heavy (non-hydrogen) atoms. The van der Waals surface area contributed by atoms with Crippen LogP contribution in [0.1, 0.15) is 52.9 Å². The van der Waals surface area contributed by atoms with E-state index in [9.17, 15) is 14.7 Å². The largest absolute Gasteiger partial charge is 0.444 e. The molecule has 2 amide bonds. The van der Waals surface area contributed by atoms with E-state index in [1.54, 1.807) is 32.7 Å². The molecule has 1 aliphatic rings. The van der Waals surface area contributed by atoms with Gasteiger partial charge in [0, 0.05) is 20.0 Å². The van der Waals surface area contributed by atoms with E-state index in [0.717, 1.165) is 25.7 Å². The number of likely N-dealkylation sites (tertiary alicyclic amines) is 1. The van der Waals surface area contributed by atoms with Crippen molar-refractivity contribution in [2.24, 2.45) is 0 Å². The smallest absolute Gasteiger partial charge is 0.411 e. The number of aliphatic hydroxyl groups excluding tert-OH is 1. The summed E-state index contributed by atoms with van der Waals surface area (Å²) in [5.41, 5.74) is -0.630. The minimum absolute atomic E-state index is 0.137. The van der Waals surface area contributed by atoms with Crippen LogP contribution in [0.15, 0.2) is 12.7 Å². The van der Waals surface area contributed by atoms with Gasteiger partial charge in [-0.3, -0.25) is 9.69 Å². The number of carbonyl (C=O) groups is 2. The first kappa shape index (κ1) is 20.5. The Morgan fingerprint density at radius 3 is 2.58 bits per heavy atom. The van der Waals surface area contributed by atoms with E-state index >= 15 is 0 Å². The first-order valence-corrected chi connectivity index (χ1v) is 8.69. The van der Waals surface area contributed by atoms with E-state index in [4.69, 9.17) is 4.74 Å². The zero-order valence-electron chi connectivity index (χ0n) is 15.5. The fraction of sp³-hybridized carbons (Fsp3) is 0.778. The van der Waals surface area contributed by atoms with Crippen LogP contribution < -0.4 is 0 Å². The molecule has 1 aliphatic heterocycles. The van der Waals surface area contributed by atoms with Crippen molar-refractivity contribution in [1.29, 1.82) is 0 Å². The second kappa shape index (κ2) is 9.06. The third-order valence-electron chi connectivity index (χ3n) is 3.97. The summed E-state index contributed by atoms with van der Waals surface area (Å²) in [5, 5.41) is 9.89. The van der Waals surface area contributed by atoms with Crippen molar-refractivity contribution in [1.82, 2.24) is 9.80 Å². The van der Waals surface area contributed by atoms with Gasteiger partial charge in [-0.15, -0.1) is 6.58 Å². The molecule has 2 atom stereocenters. The summed E-state index contributed by atoms with van der Waals surface area (Å²) in [6.07, 6.45) is 4.93. The van der Waals surface area contributed by atoms with Gasteiger partial charge in [-0.25, -0.2) is 4.79 Å². The second-order valence-corrected chi connectivity index (χ2v) is 7.44. The number of hydrogen-bond donors (Lipinski definition) is 1. The minimum atomic E-state index is -0.688. The lowest BCUT2D eigenvalue weighted by Crippen LogP contribution is -2.48. The molecule has 0 aromatic rings. The first-order chi connectivity index (χ1) is 11.2. The molecule has 0 bridgehead atoms. The van der Waals surface area contributed by atoms with Crippen LogP contribution in [0.2, 0.25) is 0 Å². The molecule has 0 saturated carbocycles. The number of allylic oxidation sites excluding steroid dienone is 1. The van der Waals surface area contributed by atoms with E-state index < -0.39 is 23.8 Å². The number of β-amino-alcohol motifs (C(OH)–C–C–N with tert-alkyl or cyclic N) is 1. The van der Waals surface area contributed by atoms with Crippen molar-refractivity contribution in [2.75, 3.05) is 20.1 Å². The average molecular weight is 340 g/mol. The van der Waals surface area contributed by atoms with Crippen molar-refractivity contribution in [3.8, 4) is 0 Å². The molecular formula is C18H32N2O4. The normalized spacial score (nSPS) is 20.8. The quantitative estimate of drug-likeness (QED) is 0.571. The van der Waals surface area contributed by atoms with Crippen LogP contribution in [0, 0.1) is 0 Å². The van der Waals surface area contributed by atoms with Gasteiger partial charge in [0.25, 0.3) is 0 Å². The van der Waals surface area contributed by atoms with E-state index in [1.807, 2.05) is 6.08 Å². The predicted octanol–water partition coefficient (Wildman–Crippen LogP) is 2.56. The Morgan fingerprint density at radius 1 is 1.33 bits per heavy atom. The maximum atomic E-state index is 12.6. The van der Waals surface area contributed by atoms with Crippen LogP contribution >= 0.6 is 0 Å². The highest BCUT2D eigenvalue weighted by Gasteiger charge is 2.41. The molecule has 6 nitrogen and oxygen atoms in total. The van der Waals surface area contributed by atoms with Gasteiger partial charge in [0.1, 0.15) is 11.6 Å². The molecule has 0 unspecified atom stereocenters. The molecule has 1 saturated heterocycles. The van der Waals surface area contributed by atoms with Crippen LogP contribution in [-0.4, -0.2) is 64.8 Å². The third-order valence-corrected chi connectivity index (χ3v) is 3.97. The molecule has 1 fully saturated rings. The first-order valence-electron chi connectivity index (χ1n) is 8.69. The average Bonchev–Trinajstić information content (AvgIpc) is 2.86. The van der Waals surface area contributed by atoms with Gasteiger partial charge in [-0.1, -0.05) is 12.5 Å². The number of ether oxygens (including phenoxy) is 1. The molecule has 0 spiro atoms. The number of amides is 2. The molecule has 1 heterocycles. The monoisotopic (exact) mass is 340 g/mol. The standard InChI is InChI=1S/C18H32N2O4/c1-6-7-8-9-10-11-19(5)16(22)15-12-14(21)13-20(15)17(23)24-18(2,3)4/h6,14-15,21H,1,7-13H2,2-5H3/t14-,15+/m1/s1. The summed E-state index contributed by atoms with van der Waals surface area (Å²) in [4.78, 5) is 27.9. The van der Waals surface area contributed by atoms with Gasteiger partial charge in [0.2, 0.25) is 5.91 Å². The molecule has 0 aromatic heterocycles. The van der Waals surface area contributed by atoms with Crippen LogP contribution in [-0.2, 0) is 9.53 Å². The van der Waals surface area contributed by atoms with E-state index in [-0.39, 0.29) is 18.9 Å². The Balaban J connectivity index is 2.59. The predicted molar refractivity (Wildman–Crippen MR) is 93.7 cm³/mol. The van der Waals surface area contributed by atoms with E-state index in [1.165, 1.54) is 4.90 Å². The van der Waals surface area contributed by atoms with Gasteiger partial charge >= 0.3 is 6.09 Å². The van der Waals surface area contributed by atoms with Crippen LogP contribution in [0.25, 0.3) is 0 Å². The summed E-state index contributed by atoms with van der Waals surface area (Å²) < 4.78 is 5.35. The second-order valence-electron chi connectivity index (χ2n) is 7.44. The zero-order valence-corrected chi connectivity index (χ0v) is 15.5. The lowest BCUT2D eigenvalue weighted by atomic mass is 10.1. The Morgan fingerprint density at radius 2 is 2.00 bits per heavy atom. The van der Waals surface area contributed by atoms with Crippen LogP contribution in [0.5, 0.6) is 0 Å². The van der Waals surface area contributed by atoms with Gasteiger partial charge in [0.05, 0.1) is 12.6 Å². The molecular weight excluding hydrogens is 308 g/mol. The minimum Gasteiger partial charge on any atom is -0.444 e. The Labute approximate surface area is 145 Å². The van der Waals surface area contributed by atoms with Crippen molar-refractivity contribution in [2.45, 2.75) is 70.6 Å². The Hall–Kier alpha value is -1.56. The summed E-state index contributed by atoms with van der Waals surface area (Å²) >= 11 is 0. The highest BCUT2D eigenvalue weighted by atomic mass is 16.6. The lowest BCUT2D eigenvalue weighted by molar-refractivity contribution is -0.134. The lowest BCUT2D eigenvalue weighted by Gasteiger charge is -2.30. The number of nitrogens with zero attached hydrogens (tertiary/aromatic N) is 2. The molecule has 0 radical (unpaired) electrons. The van der Waals surface area contributed by atoms with E-state index in [2.05, 4.69) is 6.58 Å². The molecule has 138 valence electrons. The summed E-state index contributed by atoms with van der Waals surface area (Å²) in [7, 11) is 1.74. The molecule has 1 rings (SSSR count). The van der Waals surface area contributed by atoms with Crippen molar-refractivity contribution >= 4 is 12.0 Å². The third kappa shape index (κ3) is 6.51. The zero-order chi connectivity index (χ0) is 18.3. The number of aliphatic hydroxyl groups is 1. The van der Waals surface area contributed by atoms with Crippen molar-refractivity contribution in [3.63, 3.8) is 0 Å². The van der Waals surface area contributed by atoms with Crippen molar-refractivity contribution in [3.05, 3.63) is 12.7 Å². The number of likely N-dealkylation sites (N-methyl/N-ethyl adjacent to an activating group) is 1. The van der Waals surface area contributed by atoms with Crippen molar-refractivity contribution < 1.29 is 19.4 Å². The van der Waals surface area contributed by atoms with Gasteiger partial charge < -0.3 is 14.7 Å². The summed E-state index contributed by atoms with van der Waals surface area (Å²) in [5.74, 6) is -0.138. The number of hydrogen-bond acceptors (Lipinski definition) is 4. The number of carbonyl (C=O) groups excluding carboxylic acids is 2. The SMILES string of the molecule is C=CCCCCCN(C)C(=O)[C@@H]1C[C@@H](O)CN1C(=O)OC(C)(C)C. The van der Waals surface area contributed by atoms with Crippen LogP contribution in [0.4, 0.5) is 4.79 Å². The fourth-order valence-electron chi connectivity index (χ4n) is 2.75. The maximum Gasteiger partial charge on any atom is 0.411 e. The van der Waals surface area contributed by atoms with Crippen LogP contribution in [0.3, 0.4) is 0 Å². The molecule has 0 aliphatic carbocycles. The topological polar surface area (TPSA) is 70.1 Å². The molecule has 6 heteroatoms. The Bertz CT molecular complexity index is 445. The van der Waals surface area contributed by atoms with E-state index in [0.29, 0.717) is 6.54 Å². The highest BCUT2D eigenvalue weighted by molar-refractivity contribution is 5.86. The van der Waals surface area contributed by atoms with Gasteiger partial charge in [0.15, 0.2) is 0 Å². The molecule has 0 aromatic carbocycles. The molecule has 1 N–H and O–H groups in total. The Kier molecular flexibility index (Phi) is 7.73. The summed E-state index contributed by atoms with van der Waals surface area (Å²) in [6.45, 7) is 9.82.